The highest BCUT2D eigenvalue weighted by atomic mass is 79.9. The van der Waals surface area contributed by atoms with E-state index in [2.05, 4.69) is 25.4 Å². The summed E-state index contributed by atoms with van der Waals surface area (Å²) in [5.41, 5.74) is 0.624. The molecule has 1 aromatic carbocycles. The van der Waals surface area contributed by atoms with Crippen LogP contribution in [0.15, 0.2) is 28.7 Å². The third-order valence-corrected chi connectivity index (χ3v) is 2.70. The van der Waals surface area contributed by atoms with Gasteiger partial charge in [-0.3, -0.25) is 4.79 Å². The van der Waals surface area contributed by atoms with Crippen LogP contribution in [0.2, 0.25) is 0 Å². The first kappa shape index (κ1) is 15.6. The average molecular weight is 339 g/mol. The van der Waals surface area contributed by atoms with E-state index in [1.807, 2.05) is 0 Å². The summed E-state index contributed by atoms with van der Waals surface area (Å²) in [6.07, 6.45) is -1.49. The second-order valence-corrected chi connectivity index (χ2v) is 4.27. The maximum atomic E-state index is 12.0. The lowest BCUT2D eigenvalue weighted by Gasteiger charge is -2.09. The Hall–Kier alpha value is -1.50. The lowest BCUT2D eigenvalue weighted by Crippen LogP contribution is -2.17. The number of halogens is 4. The summed E-state index contributed by atoms with van der Waals surface area (Å²) in [6, 6.07) is 3.83. The first-order chi connectivity index (χ1) is 8.81. The molecule has 0 spiro atoms. The van der Waals surface area contributed by atoms with E-state index in [1.165, 1.54) is 25.3 Å². The van der Waals surface area contributed by atoms with Crippen molar-refractivity contribution in [2.75, 3.05) is 7.11 Å². The van der Waals surface area contributed by atoms with E-state index < -0.39 is 12.3 Å². The topological polar surface area (TPSA) is 35.5 Å². The van der Waals surface area contributed by atoms with Crippen LogP contribution in [-0.2, 0) is 9.53 Å². The highest BCUT2D eigenvalue weighted by Gasteiger charge is 2.31. The number of hydrogen-bond donors (Lipinski definition) is 0. The van der Waals surface area contributed by atoms with Crippen LogP contribution in [0.5, 0.6) is 5.75 Å². The van der Waals surface area contributed by atoms with E-state index in [0.29, 0.717) is 10.0 Å². The lowest BCUT2D eigenvalue weighted by molar-refractivity contribution is -0.274. The van der Waals surface area contributed by atoms with Gasteiger partial charge in [-0.1, -0.05) is 34.1 Å². The molecule has 0 aromatic heterocycles. The van der Waals surface area contributed by atoms with Gasteiger partial charge in [0, 0.05) is 4.47 Å². The molecule has 0 unspecified atom stereocenters. The molecule has 0 bridgehead atoms. The van der Waals surface area contributed by atoms with Gasteiger partial charge in [0.25, 0.3) is 0 Å². The van der Waals surface area contributed by atoms with Gasteiger partial charge in [0.1, 0.15) is 5.75 Å². The highest BCUT2D eigenvalue weighted by molar-refractivity contribution is 9.10. The molecule has 0 aliphatic heterocycles. The zero-order valence-electron chi connectivity index (χ0n) is 9.83. The number of ether oxygens (including phenoxy) is 2. The van der Waals surface area contributed by atoms with Gasteiger partial charge in [0.15, 0.2) is 0 Å². The number of methoxy groups -OCH3 is 1. The van der Waals surface area contributed by atoms with Crippen molar-refractivity contribution in [2.24, 2.45) is 0 Å². The van der Waals surface area contributed by atoms with Crippen LogP contribution in [0, 0.1) is 0 Å². The average Bonchev–Trinajstić information content (AvgIpc) is 2.29. The summed E-state index contributed by atoms with van der Waals surface area (Å²) in [5, 5.41) is 0. The molecular formula is C12H10BrF3O3. The lowest BCUT2D eigenvalue weighted by atomic mass is 10.2. The third kappa shape index (κ3) is 5.78. The fourth-order valence-electron chi connectivity index (χ4n) is 1.21. The van der Waals surface area contributed by atoms with Gasteiger partial charge in [-0.05, 0) is 17.7 Å². The molecule has 0 saturated heterocycles. The zero-order valence-corrected chi connectivity index (χ0v) is 11.4. The second kappa shape index (κ2) is 6.60. The minimum absolute atomic E-state index is 0.0870. The largest absolute Gasteiger partial charge is 0.573 e. The van der Waals surface area contributed by atoms with Gasteiger partial charge in [-0.15, -0.1) is 13.2 Å². The maximum absolute atomic E-state index is 12.0. The molecule has 104 valence electrons. The van der Waals surface area contributed by atoms with Gasteiger partial charge in [0.2, 0.25) is 0 Å². The van der Waals surface area contributed by atoms with Crippen molar-refractivity contribution in [3.8, 4) is 5.75 Å². The molecule has 0 fully saturated rings. The molecule has 0 radical (unpaired) electrons. The van der Waals surface area contributed by atoms with Crippen LogP contribution >= 0.6 is 15.9 Å². The zero-order chi connectivity index (χ0) is 14.5. The molecule has 0 aliphatic carbocycles. The van der Waals surface area contributed by atoms with Gasteiger partial charge in [-0.2, -0.15) is 0 Å². The van der Waals surface area contributed by atoms with Crippen molar-refractivity contribution in [3.05, 3.63) is 34.3 Å². The number of hydrogen-bond acceptors (Lipinski definition) is 3. The number of benzene rings is 1. The summed E-state index contributed by atoms with van der Waals surface area (Å²) < 4.78 is 44.6. The normalized spacial score (nSPS) is 11.6. The quantitative estimate of drug-likeness (QED) is 0.780. The summed E-state index contributed by atoms with van der Waals surface area (Å²) in [4.78, 5) is 10.9. The van der Waals surface area contributed by atoms with E-state index >= 15 is 0 Å². The fourth-order valence-corrected chi connectivity index (χ4v) is 1.70. The molecule has 1 rings (SSSR count). The van der Waals surface area contributed by atoms with E-state index in [4.69, 9.17) is 0 Å². The van der Waals surface area contributed by atoms with Crippen molar-refractivity contribution < 1.29 is 27.4 Å². The van der Waals surface area contributed by atoms with Gasteiger partial charge < -0.3 is 9.47 Å². The highest BCUT2D eigenvalue weighted by Crippen LogP contribution is 2.28. The number of alkyl halides is 3. The first-order valence-electron chi connectivity index (χ1n) is 5.10. The van der Waals surface area contributed by atoms with Crippen LogP contribution in [0.3, 0.4) is 0 Å². The molecule has 0 heterocycles. The summed E-state index contributed by atoms with van der Waals surface area (Å²) >= 11 is 3.12. The third-order valence-electron chi connectivity index (χ3n) is 2.02. The Morgan fingerprint density at radius 1 is 1.42 bits per heavy atom. The molecule has 0 N–H and O–H groups in total. The molecule has 0 amide bonds. The van der Waals surface area contributed by atoms with Crippen molar-refractivity contribution in [3.63, 3.8) is 0 Å². The maximum Gasteiger partial charge on any atom is 0.573 e. The van der Waals surface area contributed by atoms with Crippen LogP contribution < -0.4 is 4.74 Å². The Bertz CT molecular complexity index is 484. The summed E-state index contributed by atoms with van der Waals surface area (Å²) in [6.45, 7) is 0. The summed E-state index contributed by atoms with van der Waals surface area (Å²) in [5.74, 6) is -0.714. The number of esters is 1. The van der Waals surface area contributed by atoms with Crippen LogP contribution in [0.4, 0.5) is 13.2 Å². The molecule has 7 heteroatoms. The van der Waals surface area contributed by atoms with Gasteiger partial charge in [0.05, 0.1) is 13.5 Å². The minimum atomic E-state index is -4.72. The SMILES string of the molecule is COC(=O)CC=Cc1ccc(OC(F)(F)F)cc1Br. The van der Waals surface area contributed by atoms with Gasteiger partial charge >= 0.3 is 12.3 Å². The minimum Gasteiger partial charge on any atom is -0.469 e. The predicted octanol–water partition coefficient (Wildman–Crippen LogP) is 3.92. The Balaban J connectivity index is 2.75. The number of rotatable bonds is 4. The van der Waals surface area contributed by atoms with Crippen LogP contribution in [0.1, 0.15) is 12.0 Å². The Morgan fingerprint density at radius 3 is 2.63 bits per heavy atom. The Labute approximate surface area is 116 Å². The van der Waals surface area contributed by atoms with E-state index in [0.717, 1.165) is 0 Å². The standard InChI is InChI=1S/C12H10BrF3O3/c1-18-11(17)4-2-3-8-5-6-9(7-10(8)13)19-12(14,15)16/h2-3,5-7H,4H2,1H3. The van der Waals surface area contributed by atoms with Crippen molar-refractivity contribution in [1.82, 2.24) is 0 Å². The van der Waals surface area contributed by atoms with Crippen LogP contribution in [0.25, 0.3) is 6.08 Å². The van der Waals surface area contributed by atoms with Gasteiger partial charge in [-0.25, -0.2) is 0 Å². The Morgan fingerprint density at radius 2 is 2.11 bits per heavy atom. The molecule has 0 saturated carbocycles. The number of carbonyl (C=O) groups is 1. The molecule has 0 atom stereocenters. The summed E-state index contributed by atoms with van der Waals surface area (Å²) in [7, 11) is 1.27. The fraction of sp³-hybridized carbons (Fsp3) is 0.250. The Kier molecular flexibility index (Phi) is 5.41. The van der Waals surface area contributed by atoms with Crippen molar-refractivity contribution in [1.29, 1.82) is 0 Å². The molecule has 1 aromatic rings. The molecule has 19 heavy (non-hydrogen) atoms. The smallest absolute Gasteiger partial charge is 0.469 e. The second-order valence-electron chi connectivity index (χ2n) is 3.41. The first-order valence-corrected chi connectivity index (χ1v) is 5.90. The molecule has 3 nitrogen and oxygen atoms in total. The van der Waals surface area contributed by atoms with E-state index in [-0.39, 0.29) is 12.2 Å². The van der Waals surface area contributed by atoms with E-state index in [9.17, 15) is 18.0 Å². The monoisotopic (exact) mass is 338 g/mol. The predicted molar refractivity (Wildman–Crippen MR) is 66.5 cm³/mol. The van der Waals surface area contributed by atoms with Crippen LogP contribution in [-0.4, -0.2) is 19.4 Å². The van der Waals surface area contributed by atoms with E-state index in [1.54, 1.807) is 12.2 Å². The number of carbonyl (C=O) groups excluding carboxylic acids is 1. The molecule has 0 aliphatic rings. The van der Waals surface area contributed by atoms with Crippen molar-refractivity contribution >= 4 is 28.0 Å². The van der Waals surface area contributed by atoms with Crippen molar-refractivity contribution in [2.45, 2.75) is 12.8 Å². The molecular weight excluding hydrogens is 329 g/mol.